The first-order valence-corrected chi connectivity index (χ1v) is 3.99. The zero-order valence-electron chi connectivity index (χ0n) is 7.72. The number of carbonyl (C=O) groups is 3. The summed E-state index contributed by atoms with van der Waals surface area (Å²) in [6, 6.07) is 0. The molecular weight excluding hydrogens is 156 g/mol. The van der Waals surface area contributed by atoms with Crippen molar-refractivity contribution in [3.8, 4) is 0 Å². The molecule has 0 saturated carbocycles. The summed E-state index contributed by atoms with van der Waals surface area (Å²) in [5.41, 5.74) is 0. The van der Waals surface area contributed by atoms with Gasteiger partial charge in [0.1, 0.15) is 5.78 Å². The minimum Gasteiger partial charge on any atom is -0.299 e. The Labute approximate surface area is 72.1 Å². The van der Waals surface area contributed by atoms with Crippen LogP contribution in [0.2, 0.25) is 0 Å². The first-order valence-electron chi connectivity index (χ1n) is 3.99. The summed E-state index contributed by atoms with van der Waals surface area (Å²) < 4.78 is 0. The number of carbonyl (C=O) groups excluding carboxylic acids is 3. The van der Waals surface area contributed by atoms with Gasteiger partial charge in [-0.3, -0.25) is 14.4 Å². The zero-order chi connectivity index (χ0) is 9.72. The molecular formula is C9H14O3. The van der Waals surface area contributed by atoms with Crippen LogP contribution < -0.4 is 0 Å². The van der Waals surface area contributed by atoms with E-state index < -0.39 is 11.6 Å². The topological polar surface area (TPSA) is 51.2 Å². The highest BCUT2D eigenvalue weighted by Crippen LogP contribution is 2.03. The van der Waals surface area contributed by atoms with Gasteiger partial charge in [0.05, 0.1) is 6.42 Å². The number of ketones is 3. The first-order chi connectivity index (χ1) is 5.43. The van der Waals surface area contributed by atoms with E-state index in [0.717, 1.165) is 0 Å². The largest absolute Gasteiger partial charge is 0.299 e. The van der Waals surface area contributed by atoms with Gasteiger partial charge in [0.15, 0.2) is 5.78 Å². The minimum absolute atomic E-state index is 0.148. The summed E-state index contributed by atoms with van der Waals surface area (Å²) in [6.45, 7) is 4.98. The molecule has 0 fully saturated rings. The van der Waals surface area contributed by atoms with E-state index in [-0.39, 0.29) is 18.1 Å². The minimum atomic E-state index is -0.583. The van der Waals surface area contributed by atoms with E-state index in [1.165, 1.54) is 6.92 Å². The Morgan fingerprint density at radius 3 is 2.00 bits per heavy atom. The molecule has 0 aliphatic carbocycles. The van der Waals surface area contributed by atoms with Crippen LogP contribution in [0.1, 0.15) is 33.6 Å². The summed E-state index contributed by atoms with van der Waals surface area (Å²) in [5, 5.41) is 0. The van der Waals surface area contributed by atoms with Gasteiger partial charge in [-0.25, -0.2) is 0 Å². The van der Waals surface area contributed by atoms with E-state index in [9.17, 15) is 14.4 Å². The number of rotatable bonds is 5. The number of hydrogen-bond acceptors (Lipinski definition) is 3. The Kier molecular flexibility index (Phi) is 4.40. The van der Waals surface area contributed by atoms with Crippen molar-refractivity contribution in [3.05, 3.63) is 0 Å². The third-order valence-corrected chi connectivity index (χ3v) is 1.39. The van der Waals surface area contributed by atoms with Crippen LogP contribution in [0.3, 0.4) is 0 Å². The Bertz CT molecular complexity index is 204. The quantitative estimate of drug-likeness (QED) is 0.459. The molecule has 0 N–H and O–H groups in total. The molecule has 0 aromatic heterocycles. The Morgan fingerprint density at radius 1 is 1.17 bits per heavy atom. The molecule has 3 heteroatoms. The highest BCUT2D eigenvalue weighted by molar-refractivity contribution is 6.39. The van der Waals surface area contributed by atoms with Gasteiger partial charge in [0.2, 0.25) is 5.78 Å². The summed E-state index contributed by atoms with van der Waals surface area (Å²) in [6.07, 6.45) is 0.145. The van der Waals surface area contributed by atoms with Gasteiger partial charge in [-0.1, -0.05) is 13.8 Å². The van der Waals surface area contributed by atoms with E-state index in [1.807, 2.05) is 13.8 Å². The molecule has 0 radical (unpaired) electrons. The van der Waals surface area contributed by atoms with E-state index in [4.69, 9.17) is 0 Å². The van der Waals surface area contributed by atoms with Crippen molar-refractivity contribution >= 4 is 17.3 Å². The van der Waals surface area contributed by atoms with Crippen molar-refractivity contribution in [2.75, 3.05) is 0 Å². The summed E-state index contributed by atoms with van der Waals surface area (Å²) in [4.78, 5) is 32.2. The highest BCUT2D eigenvalue weighted by atomic mass is 16.2. The molecule has 0 spiro atoms. The maximum atomic E-state index is 11.0. The lowest BCUT2D eigenvalue weighted by Gasteiger charge is -2.00. The smallest absolute Gasteiger partial charge is 0.205 e. The Morgan fingerprint density at radius 2 is 1.67 bits per heavy atom. The van der Waals surface area contributed by atoms with Gasteiger partial charge in [-0.05, 0) is 5.92 Å². The molecule has 12 heavy (non-hydrogen) atoms. The second-order valence-corrected chi connectivity index (χ2v) is 3.29. The molecule has 0 aliphatic rings. The third-order valence-electron chi connectivity index (χ3n) is 1.39. The van der Waals surface area contributed by atoms with Crippen LogP contribution in [-0.4, -0.2) is 17.3 Å². The lowest BCUT2D eigenvalue weighted by molar-refractivity contribution is -0.137. The predicted octanol–water partition coefficient (Wildman–Crippen LogP) is 1.15. The summed E-state index contributed by atoms with van der Waals surface area (Å²) in [7, 11) is 0. The maximum absolute atomic E-state index is 11.0. The molecule has 3 nitrogen and oxygen atoms in total. The average molecular weight is 170 g/mol. The standard InChI is InChI=1S/C9H14O3/c1-6(2)4-8(11)5-9(12)7(3)10/h6H,4-5H2,1-3H3. The van der Waals surface area contributed by atoms with E-state index in [1.54, 1.807) is 0 Å². The monoisotopic (exact) mass is 170 g/mol. The fourth-order valence-electron chi connectivity index (χ4n) is 0.831. The van der Waals surface area contributed by atoms with Crippen LogP contribution in [0.25, 0.3) is 0 Å². The molecule has 0 heterocycles. The number of Topliss-reactive ketones (excluding diaryl/α,β-unsaturated/α-hetero) is 3. The van der Waals surface area contributed by atoms with E-state index in [0.29, 0.717) is 6.42 Å². The van der Waals surface area contributed by atoms with Crippen LogP contribution in [0.4, 0.5) is 0 Å². The predicted molar refractivity (Wildman–Crippen MR) is 44.8 cm³/mol. The van der Waals surface area contributed by atoms with E-state index in [2.05, 4.69) is 0 Å². The van der Waals surface area contributed by atoms with Crippen molar-refractivity contribution in [1.82, 2.24) is 0 Å². The number of hydrogen-bond donors (Lipinski definition) is 0. The van der Waals surface area contributed by atoms with Crippen molar-refractivity contribution < 1.29 is 14.4 Å². The van der Waals surface area contributed by atoms with Gasteiger partial charge in [0, 0.05) is 13.3 Å². The SMILES string of the molecule is CC(=O)C(=O)CC(=O)CC(C)C. The van der Waals surface area contributed by atoms with E-state index >= 15 is 0 Å². The fourth-order valence-corrected chi connectivity index (χ4v) is 0.831. The first kappa shape index (κ1) is 11.0. The molecule has 0 bridgehead atoms. The van der Waals surface area contributed by atoms with Crippen molar-refractivity contribution in [2.24, 2.45) is 5.92 Å². The van der Waals surface area contributed by atoms with Crippen LogP contribution in [0.15, 0.2) is 0 Å². The van der Waals surface area contributed by atoms with Crippen LogP contribution >= 0.6 is 0 Å². The molecule has 0 unspecified atom stereocenters. The summed E-state index contributed by atoms with van der Waals surface area (Å²) >= 11 is 0. The second kappa shape index (κ2) is 4.80. The zero-order valence-corrected chi connectivity index (χ0v) is 7.72. The van der Waals surface area contributed by atoms with Crippen LogP contribution in [0.5, 0.6) is 0 Å². The molecule has 0 amide bonds. The third kappa shape index (κ3) is 4.77. The van der Waals surface area contributed by atoms with Gasteiger partial charge >= 0.3 is 0 Å². The molecule has 0 aliphatic heterocycles. The lowest BCUT2D eigenvalue weighted by atomic mass is 10.0. The van der Waals surface area contributed by atoms with Gasteiger partial charge in [-0.2, -0.15) is 0 Å². The van der Waals surface area contributed by atoms with Gasteiger partial charge < -0.3 is 0 Å². The van der Waals surface area contributed by atoms with Crippen LogP contribution in [-0.2, 0) is 14.4 Å². The summed E-state index contributed by atoms with van der Waals surface area (Å²) in [5.74, 6) is -1.02. The molecule has 0 aromatic carbocycles. The van der Waals surface area contributed by atoms with Crippen molar-refractivity contribution in [2.45, 2.75) is 33.6 Å². The Hall–Kier alpha value is -0.990. The van der Waals surface area contributed by atoms with Crippen LogP contribution in [0, 0.1) is 5.92 Å². The molecule has 0 aromatic rings. The fraction of sp³-hybridized carbons (Fsp3) is 0.667. The maximum Gasteiger partial charge on any atom is 0.205 e. The highest BCUT2D eigenvalue weighted by Gasteiger charge is 2.14. The molecule has 68 valence electrons. The van der Waals surface area contributed by atoms with Crippen molar-refractivity contribution in [3.63, 3.8) is 0 Å². The molecule has 0 saturated heterocycles. The lowest BCUT2D eigenvalue weighted by Crippen LogP contribution is -2.15. The Balaban J connectivity index is 3.85. The average Bonchev–Trinajstić information content (AvgIpc) is 1.84. The molecule has 0 rings (SSSR count). The normalized spacial score (nSPS) is 10.0. The second-order valence-electron chi connectivity index (χ2n) is 3.29. The van der Waals surface area contributed by atoms with Gasteiger partial charge in [0.25, 0.3) is 0 Å². The molecule has 0 atom stereocenters. The van der Waals surface area contributed by atoms with Crippen molar-refractivity contribution in [1.29, 1.82) is 0 Å². The van der Waals surface area contributed by atoms with Gasteiger partial charge in [-0.15, -0.1) is 0 Å².